The Kier molecular flexibility index (Phi) is 6.25. The van der Waals surface area contributed by atoms with Gasteiger partial charge in [0.05, 0.1) is 16.3 Å². The van der Waals surface area contributed by atoms with Crippen LogP contribution in [0.2, 0.25) is 0 Å². The largest absolute Gasteiger partial charge is 0.353 e. The van der Waals surface area contributed by atoms with E-state index in [1.165, 1.54) is 0 Å². The van der Waals surface area contributed by atoms with Gasteiger partial charge in [0.1, 0.15) is 0 Å². The minimum Gasteiger partial charge on any atom is -0.353 e. The molecule has 1 aromatic rings. The summed E-state index contributed by atoms with van der Waals surface area (Å²) >= 11 is 3.37. The first kappa shape index (κ1) is 20.3. The maximum absolute atomic E-state index is 13.0. The van der Waals surface area contributed by atoms with E-state index in [-0.39, 0.29) is 34.9 Å². The summed E-state index contributed by atoms with van der Waals surface area (Å²) in [5, 5.41) is 2.93. The van der Waals surface area contributed by atoms with Crippen molar-refractivity contribution in [3.05, 3.63) is 22.2 Å². The van der Waals surface area contributed by atoms with E-state index < -0.39 is 9.84 Å². The van der Waals surface area contributed by atoms with Crippen molar-refractivity contribution in [3.8, 4) is 0 Å². The summed E-state index contributed by atoms with van der Waals surface area (Å²) in [6.45, 7) is 2.25. The molecule has 1 saturated carbocycles. The van der Waals surface area contributed by atoms with Crippen LogP contribution in [0.4, 0.5) is 5.69 Å². The number of hydrogen-bond donors (Lipinski definition) is 1. The van der Waals surface area contributed by atoms with E-state index in [1.54, 1.807) is 17.9 Å². The Balaban J connectivity index is 1.80. The predicted octanol–water partition coefficient (Wildman–Crippen LogP) is 2.97. The molecule has 2 amide bonds. The first-order valence-electron chi connectivity index (χ1n) is 9.46. The molecule has 2 aliphatic rings. The summed E-state index contributed by atoms with van der Waals surface area (Å²) in [6.07, 6.45) is 5.02. The molecule has 1 aliphatic heterocycles. The Morgan fingerprint density at radius 3 is 2.63 bits per heavy atom. The van der Waals surface area contributed by atoms with Crippen LogP contribution in [0.15, 0.2) is 21.5 Å². The zero-order valence-electron chi connectivity index (χ0n) is 15.5. The molecule has 0 aromatic heterocycles. The number of carbonyl (C=O) groups is 2. The van der Waals surface area contributed by atoms with Gasteiger partial charge in [-0.2, -0.15) is 0 Å². The van der Waals surface area contributed by atoms with Gasteiger partial charge in [-0.05, 0) is 37.0 Å². The highest BCUT2D eigenvalue weighted by atomic mass is 79.9. The third-order valence-electron chi connectivity index (χ3n) is 5.25. The number of anilines is 1. The molecule has 8 heteroatoms. The van der Waals surface area contributed by atoms with E-state index in [2.05, 4.69) is 21.2 Å². The van der Waals surface area contributed by atoms with Crippen molar-refractivity contribution in [1.29, 1.82) is 0 Å². The van der Waals surface area contributed by atoms with Crippen molar-refractivity contribution in [1.82, 2.24) is 5.32 Å². The molecule has 27 heavy (non-hydrogen) atoms. The van der Waals surface area contributed by atoms with E-state index in [4.69, 9.17) is 0 Å². The van der Waals surface area contributed by atoms with Gasteiger partial charge in [0.15, 0.2) is 9.84 Å². The molecular formula is C19H25BrN2O4S. The monoisotopic (exact) mass is 456 g/mol. The van der Waals surface area contributed by atoms with Gasteiger partial charge in [0.25, 0.3) is 0 Å². The first-order chi connectivity index (χ1) is 12.8. The molecule has 3 rings (SSSR count). The molecule has 0 unspecified atom stereocenters. The number of sulfone groups is 1. The number of benzene rings is 1. The minimum atomic E-state index is -3.70. The maximum Gasteiger partial charge on any atom is 0.226 e. The highest BCUT2D eigenvalue weighted by Gasteiger charge is 2.32. The summed E-state index contributed by atoms with van der Waals surface area (Å²) < 4.78 is 26.7. The highest BCUT2D eigenvalue weighted by Crippen LogP contribution is 2.38. The Labute approximate surface area is 168 Å². The number of hydrogen-bond acceptors (Lipinski definition) is 4. The van der Waals surface area contributed by atoms with Gasteiger partial charge in [0.2, 0.25) is 11.8 Å². The normalized spacial score (nSPS) is 17.2. The third kappa shape index (κ3) is 4.54. The average Bonchev–Trinajstić information content (AvgIpc) is 3.28. The molecule has 148 valence electrons. The molecule has 1 fully saturated rings. The molecule has 0 atom stereocenters. The number of fused-ring (bicyclic) bond motifs is 1. The fourth-order valence-corrected chi connectivity index (χ4v) is 6.03. The van der Waals surface area contributed by atoms with Gasteiger partial charge in [-0.3, -0.25) is 9.59 Å². The van der Waals surface area contributed by atoms with E-state index in [0.717, 1.165) is 31.2 Å². The molecule has 1 aliphatic carbocycles. The summed E-state index contributed by atoms with van der Waals surface area (Å²) in [5.41, 5.74) is 1.33. The summed E-state index contributed by atoms with van der Waals surface area (Å²) in [5.74, 6) is -0.576. The summed E-state index contributed by atoms with van der Waals surface area (Å²) in [7, 11) is -3.70. The first-order valence-corrected chi connectivity index (χ1v) is 11.9. The number of rotatable bonds is 6. The molecule has 0 radical (unpaired) electrons. The highest BCUT2D eigenvalue weighted by molar-refractivity contribution is 9.10. The molecule has 6 nitrogen and oxygen atoms in total. The molecule has 0 bridgehead atoms. The van der Waals surface area contributed by atoms with Crippen LogP contribution in [0.5, 0.6) is 0 Å². The predicted molar refractivity (Wildman–Crippen MR) is 108 cm³/mol. The fraction of sp³-hybridized carbons (Fsp3) is 0.579. The van der Waals surface area contributed by atoms with Crippen molar-refractivity contribution in [3.63, 3.8) is 0 Å². The van der Waals surface area contributed by atoms with Crippen LogP contribution in [0.1, 0.15) is 51.0 Å². The van der Waals surface area contributed by atoms with Gasteiger partial charge < -0.3 is 10.2 Å². The van der Waals surface area contributed by atoms with Crippen LogP contribution < -0.4 is 10.2 Å². The second-order valence-corrected chi connectivity index (χ2v) is 10.2. The van der Waals surface area contributed by atoms with Crippen molar-refractivity contribution in [2.45, 2.75) is 62.8 Å². The summed E-state index contributed by atoms with van der Waals surface area (Å²) in [6, 6.07) is 3.59. The Morgan fingerprint density at radius 1 is 1.26 bits per heavy atom. The van der Waals surface area contributed by atoms with Gasteiger partial charge in [0, 0.05) is 29.9 Å². The zero-order chi connectivity index (χ0) is 19.6. The number of amides is 2. The molecule has 0 saturated heterocycles. The second kappa shape index (κ2) is 8.31. The van der Waals surface area contributed by atoms with Crippen LogP contribution in [-0.2, 0) is 25.8 Å². The standard InChI is InChI=1S/C19H25BrN2O4S/c1-2-18(24)22-9-7-13-11-14(20)12-16(19(13)22)27(25,26)10-8-17(23)21-15-5-3-4-6-15/h11-12,15H,2-10H2,1H3,(H,21,23). The lowest BCUT2D eigenvalue weighted by atomic mass is 10.2. The SMILES string of the molecule is CCC(=O)N1CCc2cc(Br)cc(S(=O)(=O)CCC(=O)NC3CCCC3)c21. The van der Waals surface area contributed by atoms with Crippen molar-refractivity contribution in [2.24, 2.45) is 0 Å². The summed E-state index contributed by atoms with van der Waals surface area (Å²) in [4.78, 5) is 26.1. The topological polar surface area (TPSA) is 83.6 Å². The van der Waals surface area contributed by atoms with Crippen LogP contribution in [0.3, 0.4) is 0 Å². The van der Waals surface area contributed by atoms with E-state index >= 15 is 0 Å². The number of carbonyl (C=O) groups excluding carboxylic acids is 2. The average molecular weight is 457 g/mol. The van der Waals surface area contributed by atoms with Crippen LogP contribution in [0, 0.1) is 0 Å². The lowest BCUT2D eigenvalue weighted by molar-refractivity contribution is -0.121. The smallest absolute Gasteiger partial charge is 0.226 e. The zero-order valence-corrected chi connectivity index (χ0v) is 17.9. The Morgan fingerprint density at radius 2 is 1.96 bits per heavy atom. The Bertz CT molecular complexity index is 848. The number of halogens is 1. The van der Waals surface area contributed by atoms with Crippen LogP contribution in [0.25, 0.3) is 0 Å². The second-order valence-electron chi connectivity index (χ2n) is 7.18. The minimum absolute atomic E-state index is 0.0676. The molecule has 1 aromatic carbocycles. The maximum atomic E-state index is 13.0. The van der Waals surface area contributed by atoms with E-state index in [1.807, 2.05) is 6.07 Å². The van der Waals surface area contributed by atoms with E-state index in [0.29, 0.717) is 29.5 Å². The number of nitrogens with zero attached hydrogens (tertiary/aromatic N) is 1. The van der Waals surface area contributed by atoms with E-state index in [9.17, 15) is 18.0 Å². The quantitative estimate of drug-likeness (QED) is 0.712. The molecule has 1 N–H and O–H groups in total. The molecular weight excluding hydrogens is 432 g/mol. The van der Waals surface area contributed by atoms with Crippen molar-refractivity contribution >= 4 is 43.3 Å². The van der Waals surface area contributed by atoms with Gasteiger partial charge in [-0.1, -0.05) is 35.7 Å². The fourth-order valence-electron chi connectivity index (χ4n) is 3.85. The van der Waals surface area contributed by atoms with Crippen LogP contribution >= 0.6 is 15.9 Å². The van der Waals surface area contributed by atoms with Gasteiger partial charge in [-0.25, -0.2) is 8.42 Å². The van der Waals surface area contributed by atoms with Gasteiger partial charge in [-0.15, -0.1) is 0 Å². The lowest BCUT2D eigenvalue weighted by Gasteiger charge is -2.20. The lowest BCUT2D eigenvalue weighted by Crippen LogP contribution is -2.34. The Hall–Kier alpha value is -1.41. The third-order valence-corrected chi connectivity index (χ3v) is 7.43. The molecule has 1 heterocycles. The molecule has 0 spiro atoms. The van der Waals surface area contributed by atoms with Gasteiger partial charge >= 0.3 is 0 Å². The van der Waals surface area contributed by atoms with Crippen molar-refractivity contribution < 1.29 is 18.0 Å². The van der Waals surface area contributed by atoms with Crippen molar-refractivity contribution in [2.75, 3.05) is 17.2 Å². The number of nitrogens with one attached hydrogen (secondary N) is 1. The van der Waals surface area contributed by atoms with Crippen LogP contribution in [-0.4, -0.2) is 38.6 Å².